The fourth-order valence-corrected chi connectivity index (χ4v) is 5.41. The number of piperidine rings is 1. The summed E-state index contributed by atoms with van der Waals surface area (Å²) < 4.78 is 5.16. The summed E-state index contributed by atoms with van der Waals surface area (Å²) in [5.41, 5.74) is 1.08. The Bertz CT molecular complexity index is 746. The number of carbonyl (C=O) groups excluding carboxylic acids is 2. The Morgan fingerprint density at radius 2 is 2.04 bits per heavy atom. The van der Waals surface area contributed by atoms with Crippen molar-refractivity contribution in [2.24, 2.45) is 17.8 Å². The van der Waals surface area contributed by atoms with Crippen LogP contribution in [0.2, 0.25) is 0 Å². The number of nitrogens with zero attached hydrogens (tertiary/aromatic N) is 3. The van der Waals surface area contributed by atoms with Crippen LogP contribution in [-0.4, -0.2) is 65.0 Å². The number of amides is 2. The highest BCUT2D eigenvalue weighted by Crippen LogP contribution is 2.44. The quantitative estimate of drug-likeness (QED) is 0.853. The Balaban J connectivity index is 1.44. The van der Waals surface area contributed by atoms with Gasteiger partial charge in [-0.15, -0.1) is 0 Å². The van der Waals surface area contributed by atoms with Crippen molar-refractivity contribution in [1.29, 1.82) is 0 Å². The molecule has 1 N–H and O–H groups in total. The number of hydrogen-bond acceptors (Lipinski definition) is 5. The van der Waals surface area contributed by atoms with Crippen LogP contribution in [0.4, 0.5) is 0 Å². The van der Waals surface area contributed by atoms with E-state index in [0.717, 1.165) is 32.5 Å². The van der Waals surface area contributed by atoms with Gasteiger partial charge in [0.1, 0.15) is 11.3 Å². The molecule has 3 aliphatic rings. The van der Waals surface area contributed by atoms with Crippen LogP contribution in [0.3, 0.4) is 0 Å². The molecule has 0 saturated carbocycles. The summed E-state index contributed by atoms with van der Waals surface area (Å²) in [5, 5.41) is 7.25. The predicted molar refractivity (Wildman–Crippen MR) is 105 cm³/mol. The minimum Gasteiger partial charge on any atom is -0.361 e. The summed E-state index contributed by atoms with van der Waals surface area (Å²) >= 11 is 0. The van der Waals surface area contributed by atoms with Crippen LogP contribution >= 0.6 is 0 Å². The highest BCUT2D eigenvalue weighted by atomic mass is 16.5. The van der Waals surface area contributed by atoms with E-state index in [9.17, 15) is 9.59 Å². The summed E-state index contributed by atoms with van der Waals surface area (Å²) in [6, 6.07) is 0. The number of likely N-dealkylation sites (tertiary alicyclic amines) is 2. The average Bonchev–Trinajstić information content (AvgIpc) is 3.31. The molecule has 1 unspecified atom stereocenters. The van der Waals surface area contributed by atoms with E-state index in [2.05, 4.69) is 29.2 Å². The van der Waals surface area contributed by atoms with E-state index in [1.807, 2.05) is 4.90 Å². The maximum atomic E-state index is 12.9. The van der Waals surface area contributed by atoms with Crippen molar-refractivity contribution in [3.8, 4) is 0 Å². The summed E-state index contributed by atoms with van der Waals surface area (Å²) in [7, 11) is 0. The van der Waals surface area contributed by atoms with Crippen LogP contribution in [0.1, 0.15) is 54.9 Å². The summed E-state index contributed by atoms with van der Waals surface area (Å²) in [5.74, 6) is 1.91. The van der Waals surface area contributed by atoms with Gasteiger partial charge in [-0.3, -0.25) is 9.59 Å². The van der Waals surface area contributed by atoms with Gasteiger partial charge in [-0.1, -0.05) is 25.4 Å². The SMILES string of the molecule is CCC(C)CN1C[C@H]2C(=O)NC3(CCN(C(=O)c4c(C)noc4C)CC3)[C@H]2C1. The molecule has 7 heteroatoms. The van der Waals surface area contributed by atoms with Gasteiger partial charge in [-0.2, -0.15) is 0 Å². The third kappa shape index (κ3) is 3.13. The molecule has 1 aromatic heterocycles. The zero-order valence-electron chi connectivity index (χ0n) is 17.5. The van der Waals surface area contributed by atoms with E-state index in [1.165, 1.54) is 6.42 Å². The van der Waals surface area contributed by atoms with Gasteiger partial charge < -0.3 is 19.6 Å². The van der Waals surface area contributed by atoms with Gasteiger partial charge in [0.15, 0.2) is 0 Å². The minimum absolute atomic E-state index is 0.00297. The second-order valence-electron chi connectivity index (χ2n) is 9.08. The number of aryl methyl sites for hydroxylation is 2. The molecule has 7 nitrogen and oxygen atoms in total. The van der Waals surface area contributed by atoms with Gasteiger partial charge in [0.2, 0.25) is 5.91 Å². The van der Waals surface area contributed by atoms with Gasteiger partial charge in [0, 0.05) is 44.2 Å². The molecule has 28 heavy (non-hydrogen) atoms. The molecule has 0 aromatic carbocycles. The highest BCUT2D eigenvalue weighted by Gasteiger charge is 2.57. The summed E-state index contributed by atoms with van der Waals surface area (Å²) in [6.07, 6.45) is 2.82. The predicted octanol–water partition coefficient (Wildman–Crippen LogP) is 1.99. The van der Waals surface area contributed by atoms with E-state index in [1.54, 1.807) is 13.8 Å². The standard InChI is InChI=1S/C21H32N4O3/c1-5-13(2)10-24-11-16-17(12-24)21(22-19(16)26)6-8-25(9-7-21)20(27)18-14(3)23-28-15(18)4/h13,16-17H,5-12H2,1-4H3,(H,22,26)/t13?,16-,17+/m1/s1. The van der Waals surface area contributed by atoms with Crippen LogP contribution < -0.4 is 5.32 Å². The van der Waals surface area contributed by atoms with E-state index < -0.39 is 0 Å². The zero-order valence-corrected chi connectivity index (χ0v) is 17.5. The summed E-state index contributed by atoms with van der Waals surface area (Å²) in [4.78, 5) is 30.0. The first kappa shape index (κ1) is 19.4. The molecule has 154 valence electrons. The lowest BCUT2D eigenvalue weighted by Gasteiger charge is -2.42. The molecule has 3 fully saturated rings. The Kier molecular flexibility index (Phi) is 4.98. The monoisotopic (exact) mass is 388 g/mol. The van der Waals surface area contributed by atoms with E-state index in [-0.39, 0.29) is 23.3 Å². The second-order valence-corrected chi connectivity index (χ2v) is 9.08. The maximum absolute atomic E-state index is 12.9. The topological polar surface area (TPSA) is 78.7 Å². The smallest absolute Gasteiger partial charge is 0.259 e. The van der Waals surface area contributed by atoms with E-state index >= 15 is 0 Å². The molecule has 3 aliphatic heterocycles. The maximum Gasteiger partial charge on any atom is 0.259 e. The van der Waals surface area contributed by atoms with Crippen LogP contribution in [0, 0.1) is 31.6 Å². The molecule has 0 bridgehead atoms. The second kappa shape index (κ2) is 7.17. The van der Waals surface area contributed by atoms with Crippen LogP contribution in [-0.2, 0) is 4.79 Å². The lowest BCUT2D eigenvalue weighted by molar-refractivity contribution is -0.123. The molecule has 0 radical (unpaired) electrons. The molecule has 0 aliphatic carbocycles. The minimum atomic E-state index is -0.151. The first-order chi connectivity index (χ1) is 13.3. The normalized spacial score (nSPS) is 27.9. The first-order valence-corrected chi connectivity index (χ1v) is 10.6. The van der Waals surface area contributed by atoms with Crippen molar-refractivity contribution >= 4 is 11.8 Å². The lowest BCUT2D eigenvalue weighted by atomic mass is 9.75. The molecule has 1 aromatic rings. The molecule has 2 amide bonds. The molecule has 3 atom stereocenters. The number of rotatable bonds is 4. The number of aromatic nitrogens is 1. The number of fused-ring (bicyclic) bond motifs is 2. The average molecular weight is 389 g/mol. The van der Waals surface area contributed by atoms with Crippen molar-refractivity contribution in [2.75, 3.05) is 32.7 Å². The highest BCUT2D eigenvalue weighted by molar-refractivity contribution is 5.96. The summed E-state index contributed by atoms with van der Waals surface area (Å²) in [6.45, 7) is 12.4. The van der Waals surface area contributed by atoms with Gasteiger partial charge in [-0.05, 0) is 32.6 Å². The fourth-order valence-electron chi connectivity index (χ4n) is 5.41. The van der Waals surface area contributed by atoms with Crippen LogP contribution in [0.15, 0.2) is 4.52 Å². The lowest BCUT2D eigenvalue weighted by Crippen LogP contribution is -2.56. The number of nitrogens with one attached hydrogen (secondary N) is 1. The third-order valence-electron chi connectivity index (χ3n) is 7.27. The molecule has 4 rings (SSSR count). The van der Waals surface area contributed by atoms with Crippen molar-refractivity contribution in [2.45, 2.75) is 52.5 Å². The number of hydrogen-bond donors (Lipinski definition) is 1. The molecule has 1 spiro atoms. The molecular formula is C21H32N4O3. The third-order valence-corrected chi connectivity index (χ3v) is 7.27. The van der Waals surface area contributed by atoms with Gasteiger partial charge >= 0.3 is 0 Å². The van der Waals surface area contributed by atoms with Crippen LogP contribution in [0.25, 0.3) is 0 Å². The van der Waals surface area contributed by atoms with Crippen molar-refractivity contribution in [3.63, 3.8) is 0 Å². The zero-order chi connectivity index (χ0) is 20.1. The Labute approximate surface area is 166 Å². The fraction of sp³-hybridized carbons (Fsp3) is 0.762. The molecule has 3 saturated heterocycles. The van der Waals surface area contributed by atoms with Crippen molar-refractivity contribution in [1.82, 2.24) is 20.3 Å². The molecular weight excluding hydrogens is 356 g/mol. The van der Waals surface area contributed by atoms with Gasteiger partial charge in [-0.25, -0.2) is 0 Å². The van der Waals surface area contributed by atoms with Crippen LogP contribution in [0.5, 0.6) is 0 Å². The van der Waals surface area contributed by atoms with Gasteiger partial charge in [0.05, 0.1) is 11.6 Å². The van der Waals surface area contributed by atoms with E-state index in [0.29, 0.717) is 41.9 Å². The van der Waals surface area contributed by atoms with Gasteiger partial charge in [0.25, 0.3) is 5.91 Å². The Morgan fingerprint density at radius 3 is 2.64 bits per heavy atom. The van der Waals surface area contributed by atoms with E-state index in [4.69, 9.17) is 4.52 Å². The number of carbonyl (C=O) groups is 2. The molecule has 4 heterocycles. The van der Waals surface area contributed by atoms with Crippen molar-refractivity contribution < 1.29 is 14.1 Å². The largest absolute Gasteiger partial charge is 0.361 e. The first-order valence-electron chi connectivity index (χ1n) is 10.6. The Morgan fingerprint density at radius 1 is 1.32 bits per heavy atom. The Hall–Kier alpha value is -1.89. The van der Waals surface area contributed by atoms with Crippen molar-refractivity contribution in [3.05, 3.63) is 17.0 Å².